The van der Waals surface area contributed by atoms with Gasteiger partial charge in [0.15, 0.2) is 0 Å². The van der Waals surface area contributed by atoms with Crippen molar-refractivity contribution in [1.82, 2.24) is 14.9 Å². The minimum Gasteiger partial charge on any atom is -0.480 e. The molecule has 2 rings (SSSR count). The van der Waals surface area contributed by atoms with E-state index in [1.54, 1.807) is 59.7 Å². The Morgan fingerprint density at radius 1 is 1.10 bits per heavy atom. The lowest BCUT2D eigenvalue weighted by atomic mass is 10.1. The zero-order valence-electron chi connectivity index (χ0n) is 17.5. The number of aromatic nitrogens is 2. The van der Waals surface area contributed by atoms with Crippen LogP contribution in [0, 0.1) is 0 Å². The smallest absolute Gasteiger partial charge is 0.420 e. The minimum atomic E-state index is -1.20. The van der Waals surface area contributed by atoms with E-state index >= 15 is 0 Å². The molecule has 29 heavy (non-hydrogen) atoms. The molecule has 2 aromatic rings. The van der Waals surface area contributed by atoms with Crippen LogP contribution in [0.4, 0.5) is 9.59 Å². The number of carboxylic acid groups (broad SMARTS) is 1. The lowest BCUT2D eigenvalue weighted by molar-refractivity contribution is -0.139. The molecule has 9 nitrogen and oxygen atoms in total. The summed E-state index contributed by atoms with van der Waals surface area (Å²) in [6, 6.07) is 3.83. The molecular weight excluding hydrogens is 378 g/mol. The van der Waals surface area contributed by atoms with E-state index in [4.69, 9.17) is 9.47 Å². The van der Waals surface area contributed by atoms with Gasteiger partial charge in [-0.1, -0.05) is 6.07 Å². The number of nitrogens with one attached hydrogen (secondary N) is 1. The van der Waals surface area contributed by atoms with E-state index in [0.717, 1.165) is 0 Å². The number of rotatable bonds is 4. The molecule has 1 aromatic carbocycles. The van der Waals surface area contributed by atoms with Gasteiger partial charge in [0.2, 0.25) is 0 Å². The molecule has 0 saturated carbocycles. The number of alkyl carbamates (subject to hydrolysis) is 1. The Balaban J connectivity index is 2.23. The fourth-order valence-corrected chi connectivity index (χ4v) is 2.52. The van der Waals surface area contributed by atoms with Crippen LogP contribution in [0.3, 0.4) is 0 Å². The molecule has 1 heterocycles. The van der Waals surface area contributed by atoms with Crippen LogP contribution in [-0.2, 0) is 20.7 Å². The predicted molar refractivity (Wildman–Crippen MR) is 106 cm³/mol. The van der Waals surface area contributed by atoms with Gasteiger partial charge >= 0.3 is 18.2 Å². The van der Waals surface area contributed by atoms with E-state index in [-0.39, 0.29) is 6.42 Å². The third-order valence-electron chi connectivity index (χ3n) is 3.63. The molecule has 0 spiro atoms. The number of hydrogen-bond acceptors (Lipinski definition) is 6. The topological polar surface area (TPSA) is 120 Å². The number of benzene rings is 1. The van der Waals surface area contributed by atoms with E-state index in [1.807, 2.05) is 0 Å². The highest BCUT2D eigenvalue weighted by Gasteiger charge is 2.25. The van der Waals surface area contributed by atoms with E-state index < -0.39 is 35.4 Å². The zero-order chi connectivity index (χ0) is 22.0. The first-order valence-corrected chi connectivity index (χ1v) is 9.17. The Labute approximate surface area is 169 Å². The number of imidazole rings is 1. The molecule has 1 aromatic heterocycles. The van der Waals surface area contributed by atoms with Gasteiger partial charge in [0, 0.05) is 6.42 Å². The molecule has 0 aliphatic rings. The van der Waals surface area contributed by atoms with Gasteiger partial charge < -0.3 is 19.9 Å². The van der Waals surface area contributed by atoms with Crippen LogP contribution in [0.25, 0.3) is 11.0 Å². The Kier molecular flexibility index (Phi) is 6.20. The van der Waals surface area contributed by atoms with Crippen LogP contribution in [-0.4, -0.2) is 50.1 Å². The van der Waals surface area contributed by atoms with Crippen LogP contribution in [0.15, 0.2) is 24.5 Å². The second kappa shape index (κ2) is 8.10. The first kappa shape index (κ1) is 22.2. The van der Waals surface area contributed by atoms with Crippen LogP contribution in [0.2, 0.25) is 0 Å². The number of carboxylic acids is 1. The average Bonchev–Trinajstić information content (AvgIpc) is 2.94. The molecule has 158 valence electrons. The summed E-state index contributed by atoms with van der Waals surface area (Å²) in [5, 5.41) is 11.8. The van der Waals surface area contributed by atoms with Crippen molar-refractivity contribution in [3.8, 4) is 0 Å². The normalized spacial score (nSPS) is 13.0. The summed E-state index contributed by atoms with van der Waals surface area (Å²) in [5.41, 5.74) is 0.235. The molecule has 1 atom stereocenters. The van der Waals surface area contributed by atoms with Crippen molar-refractivity contribution >= 4 is 29.2 Å². The van der Waals surface area contributed by atoms with Gasteiger partial charge in [-0.15, -0.1) is 0 Å². The highest BCUT2D eigenvalue weighted by atomic mass is 16.6. The van der Waals surface area contributed by atoms with Crippen molar-refractivity contribution in [2.24, 2.45) is 0 Å². The van der Waals surface area contributed by atoms with E-state index in [2.05, 4.69) is 10.3 Å². The highest BCUT2D eigenvalue weighted by molar-refractivity contribution is 5.87. The van der Waals surface area contributed by atoms with Crippen molar-refractivity contribution in [1.29, 1.82) is 0 Å². The molecule has 0 aliphatic carbocycles. The summed E-state index contributed by atoms with van der Waals surface area (Å²) in [6.07, 6.45) is -0.0382. The van der Waals surface area contributed by atoms with Crippen molar-refractivity contribution in [2.45, 2.75) is 65.2 Å². The molecule has 0 bridgehead atoms. The number of carbonyl (C=O) groups is 3. The van der Waals surface area contributed by atoms with E-state index in [1.165, 1.54) is 10.9 Å². The maximum absolute atomic E-state index is 12.4. The van der Waals surface area contributed by atoms with Crippen molar-refractivity contribution in [3.63, 3.8) is 0 Å². The quantitative estimate of drug-likeness (QED) is 0.800. The molecular formula is C20H27N3O6. The Morgan fingerprint density at radius 2 is 1.72 bits per heavy atom. The van der Waals surface area contributed by atoms with Crippen LogP contribution >= 0.6 is 0 Å². The maximum atomic E-state index is 12.4. The SMILES string of the molecule is CC(C)(C)OC(=O)NC(Cc1ccc2ncn(C(=O)OC(C)(C)C)c2c1)C(=O)O. The fourth-order valence-electron chi connectivity index (χ4n) is 2.52. The third kappa shape index (κ3) is 6.48. The van der Waals surface area contributed by atoms with Gasteiger partial charge in [-0.25, -0.2) is 23.9 Å². The summed E-state index contributed by atoms with van der Waals surface area (Å²) in [6.45, 7) is 10.3. The standard InChI is InChI=1S/C20H27N3O6/c1-19(2,3)28-17(26)22-14(16(24)25)9-12-7-8-13-15(10-12)23(11-21-13)18(27)29-20(4,5)6/h7-8,10-11,14H,9H2,1-6H3,(H,22,26)(H,24,25). The molecule has 0 aliphatic heterocycles. The van der Waals surface area contributed by atoms with E-state index in [0.29, 0.717) is 16.6 Å². The summed E-state index contributed by atoms with van der Waals surface area (Å²) in [5.74, 6) is -1.20. The molecule has 0 fully saturated rings. The first-order chi connectivity index (χ1) is 13.2. The highest BCUT2D eigenvalue weighted by Crippen LogP contribution is 2.19. The number of fused-ring (bicyclic) bond motifs is 1. The third-order valence-corrected chi connectivity index (χ3v) is 3.63. The Hall–Kier alpha value is -3.10. The first-order valence-electron chi connectivity index (χ1n) is 9.17. The lowest BCUT2D eigenvalue weighted by Gasteiger charge is -2.22. The number of amides is 1. The van der Waals surface area contributed by atoms with Gasteiger partial charge in [0.25, 0.3) is 0 Å². The maximum Gasteiger partial charge on any atom is 0.420 e. The van der Waals surface area contributed by atoms with Crippen LogP contribution in [0.5, 0.6) is 0 Å². The average molecular weight is 405 g/mol. The van der Waals surface area contributed by atoms with Gasteiger partial charge in [-0.2, -0.15) is 0 Å². The second-order valence-electron chi connectivity index (χ2n) is 8.66. The molecule has 1 unspecified atom stereocenters. The van der Waals surface area contributed by atoms with Crippen molar-refractivity contribution in [2.75, 3.05) is 0 Å². The zero-order valence-corrected chi connectivity index (χ0v) is 17.5. The van der Waals surface area contributed by atoms with Gasteiger partial charge in [0.1, 0.15) is 23.6 Å². The molecule has 1 amide bonds. The number of carbonyl (C=O) groups excluding carboxylic acids is 2. The lowest BCUT2D eigenvalue weighted by Crippen LogP contribution is -2.44. The van der Waals surface area contributed by atoms with Crippen molar-refractivity contribution < 1.29 is 29.0 Å². The van der Waals surface area contributed by atoms with Gasteiger partial charge in [-0.05, 0) is 59.2 Å². The summed E-state index contributed by atoms with van der Waals surface area (Å²) >= 11 is 0. The number of ether oxygens (including phenoxy) is 2. The Morgan fingerprint density at radius 3 is 2.28 bits per heavy atom. The van der Waals surface area contributed by atoms with Crippen LogP contribution in [0.1, 0.15) is 47.1 Å². The van der Waals surface area contributed by atoms with Gasteiger partial charge in [0.05, 0.1) is 11.0 Å². The molecule has 0 saturated heterocycles. The number of hydrogen-bond donors (Lipinski definition) is 2. The summed E-state index contributed by atoms with van der Waals surface area (Å²) in [7, 11) is 0. The van der Waals surface area contributed by atoms with Gasteiger partial charge in [-0.3, -0.25) is 0 Å². The van der Waals surface area contributed by atoms with Crippen molar-refractivity contribution in [3.05, 3.63) is 30.1 Å². The van der Waals surface area contributed by atoms with E-state index in [9.17, 15) is 19.5 Å². The Bertz CT molecular complexity index is 920. The van der Waals surface area contributed by atoms with Crippen LogP contribution < -0.4 is 5.32 Å². The fraction of sp³-hybridized carbons (Fsp3) is 0.500. The monoisotopic (exact) mass is 405 g/mol. The largest absolute Gasteiger partial charge is 0.480 e. The molecule has 9 heteroatoms. The predicted octanol–water partition coefficient (Wildman–Crippen LogP) is 3.34. The second-order valence-corrected chi connectivity index (χ2v) is 8.66. The molecule has 2 N–H and O–H groups in total. The number of aliphatic carboxylic acids is 1. The summed E-state index contributed by atoms with van der Waals surface area (Å²) < 4.78 is 11.8. The molecule has 0 radical (unpaired) electrons. The summed E-state index contributed by atoms with van der Waals surface area (Å²) in [4.78, 5) is 40.1. The minimum absolute atomic E-state index is 0.00398. The number of nitrogens with zero attached hydrogens (tertiary/aromatic N) is 2.